The van der Waals surface area contributed by atoms with Crippen LogP contribution in [0.25, 0.3) is 22.2 Å². The van der Waals surface area contributed by atoms with E-state index in [1.54, 1.807) is 69.7 Å². The molecule has 0 fully saturated rings. The van der Waals surface area contributed by atoms with Gasteiger partial charge < -0.3 is 35.1 Å². The minimum Gasteiger partial charge on any atom is -0.494 e. The molecule has 1 amide bonds. The van der Waals surface area contributed by atoms with E-state index in [4.69, 9.17) is 15.5 Å². The van der Waals surface area contributed by atoms with Crippen LogP contribution in [0.3, 0.4) is 0 Å². The van der Waals surface area contributed by atoms with Crippen molar-refractivity contribution in [3.63, 3.8) is 0 Å². The fraction of sp³-hybridized carbons (Fsp3) is 0.367. The number of carbonyl (C=O) groups is 1. The zero-order valence-corrected chi connectivity index (χ0v) is 35.7. The Morgan fingerprint density at radius 3 is 2.27 bits per heavy atom. The van der Waals surface area contributed by atoms with Gasteiger partial charge in [-0.1, -0.05) is 32.0 Å². The van der Waals surface area contributed by atoms with E-state index in [0.29, 0.717) is 34.5 Å². The van der Waals surface area contributed by atoms with Crippen LogP contribution in [0.2, 0.25) is 0 Å². The van der Waals surface area contributed by atoms with Crippen LogP contribution in [-0.2, 0) is 96.4 Å². The number of fused-ring (bicyclic) bond motifs is 1. The van der Waals surface area contributed by atoms with E-state index in [9.17, 15) is 4.79 Å². The number of nitrogens with one attached hydrogen (secondary N) is 1. The number of aryl methyl sites for hydroxylation is 1. The van der Waals surface area contributed by atoms with Gasteiger partial charge in [0.05, 0.1) is 36.1 Å². The van der Waals surface area contributed by atoms with Gasteiger partial charge >= 0.3 is 0 Å². The zero-order valence-electron chi connectivity index (χ0n) is 28.4. The van der Waals surface area contributed by atoms with Crippen molar-refractivity contribution in [2.24, 2.45) is 13.0 Å². The van der Waals surface area contributed by atoms with Gasteiger partial charge in [0.1, 0.15) is 11.4 Å². The fourth-order valence-corrected chi connectivity index (χ4v) is 18.5. The number of methoxy groups -OCH3 is 1. The molecule has 266 valence electrons. The summed E-state index contributed by atoms with van der Waals surface area (Å²) in [4.78, 5) is 28.4. The molecule has 4 rings (SSSR count). The highest BCUT2D eigenvalue weighted by molar-refractivity contribution is 8.72. The maximum Gasteiger partial charge on any atom is 0.229 e. The molecule has 4 aromatic rings. The third-order valence-electron chi connectivity index (χ3n) is 7.16. The molecule has 0 saturated carbocycles. The lowest BCUT2D eigenvalue weighted by Crippen LogP contribution is -2.31. The molecule has 0 radical (unpaired) electrons. The molecule has 19 heteroatoms. The summed E-state index contributed by atoms with van der Waals surface area (Å²) in [7, 11) is 22.4. The lowest BCUT2D eigenvalue weighted by atomic mass is 10.1. The van der Waals surface area contributed by atoms with Crippen LogP contribution in [0.1, 0.15) is 13.8 Å². The van der Waals surface area contributed by atoms with Gasteiger partial charge in [-0.25, -0.2) is 9.97 Å². The molecule has 10 nitrogen and oxygen atoms in total. The number of ether oxygens (including phenoxy) is 1. The van der Waals surface area contributed by atoms with E-state index >= 15 is 0 Å². The Bertz CT molecular complexity index is 2070. The van der Waals surface area contributed by atoms with Gasteiger partial charge in [-0.2, -0.15) is 0 Å². The average Bonchev–Trinajstić information content (AvgIpc) is 3.42. The van der Waals surface area contributed by atoms with Crippen molar-refractivity contribution in [1.82, 2.24) is 19.4 Å². The number of nitrogens with two attached hydrogens (primary N) is 1. The van der Waals surface area contributed by atoms with Crippen molar-refractivity contribution in [2.75, 3.05) is 69.2 Å². The van der Waals surface area contributed by atoms with E-state index in [1.165, 1.54) is 17.8 Å². The molecule has 0 aliphatic heterocycles. The summed E-state index contributed by atoms with van der Waals surface area (Å²) in [6, 6.07) is 11.9. The highest BCUT2D eigenvalue weighted by atomic mass is 33.4. The normalized spacial score (nSPS) is 10.5. The van der Waals surface area contributed by atoms with Crippen LogP contribution in [0, 0.1) is 5.92 Å². The fourth-order valence-electron chi connectivity index (χ4n) is 4.75. The topological polar surface area (TPSA) is 105 Å². The Morgan fingerprint density at radius 1 is 1.00 bits per heavy atom. The second-order valence-corrected chi connectivity index (χ2v) is 23.5. The quantitative estimate of drug-likeness (QED) is 0.221. The summed E-state index contributed by atoms with van der Waals surface area (Å²) in [6.07, 6.45) is 3.72. The molecular weight excluding hydrogens is 793 g/mol. The van der Waals surface area contributed by atoms with Crippen molar-refractivity contribution in [2.45, 2.75) is 13.8 Å². The summed E-state index contributed by atoms with van der Waals surface area (Å²) >= 11 is 9.27. The number of para-hydroxylation sites is 1. The van der Waals surface area contributed by atoms with Crippen molar-refractivity contribution in [3.05, 3.63) is 48.8 Å². The molecule has 2 aromatic carbocycles. The predicted octanol–water partition coefficient (Wildman–Crippen LogP) is 4.56. The Morgan fingerprint density at radius 2 is 1.65 bits per heavy atom. The summed E-state index contributed by atoms with van der Waals surface area (Å²) in [5.74, 6) is 0.787. The van der Waals surface area contributed by atoms with Crippen molar-refractivity contribution >= 4 is 130 Å². The molecule has 0 unspecified atom stereocenters. The van der Waals surface area contributed by atoms with Gasteiger partial charge in [0.25, 0.3) is 0 Å². The van der Waals surface area contributed by atoms with Crippen molar-refractivity contribution in [1.29, 1.82) is 0 Å². The number of benzene rings is 2. The number of amides is 1. The van der Waals surface area contributed by atoms with Crippen LogP contribution in [-0.4, -0.2) is 73.7 Å². The number of nitrogen functional groups attached to an aromatic ring is 1. The smallest absolute Gasteiger partial charge is 0.229 e. The summed E-state index contributed by atoms with van der Waals surface area (Å²) in [5, 5.41) is 4.33. The van der Waals surface area contributed by atoms with Crippen LogP contribution in [0.15, 0.2) is 48.8 Å². The lowest BCUT2D eigenvalue weighted by molar-refractivity contribution is -0.121. The number of hydrogen-bond donors (Lipinski definition) is 2. The van der Waals surface area contributed by atoms with Crippen LogP contribution in [0.5, 0.6) is 5.75 Å². The zero-order chi connectivity index (χ0) is 36.1. The maximum atomic E-state index is 13.0. The van der Waals surface area contributed by atoms with E-state index in [-0.39, 0.29) is 11.8 Å². The number of anilines is 5. The van der Waals surface area contributed by atoms with Crippen molar-refractivity contribution < 1.29 is 9.53 Å². The van der Waals surface area contributed by atoms with Crippen molar-refractivity contribution in [3.8, 4) is 17.0 Å². The standard InChI is InChI=1S/C30H40N8O2.S9/c1-19(2)29(39)38(7)26-17-32-30(34-28(26)21-18-37(6)24-12-10-9-11-20(21)24)33-23-15-22(31)25(16-27(23)40-8)36(5)14-13-35(3)4;1-3-5-7-9-8-6-4-2/h9-12,15-19H,13-14,31H2,1-8H3,(H,32,33,34);. The Labute approximate surface area is 318 Å². The van der Waals surface area contributed by atoms with Gasteiger partial charge in [-0.05, 0) is 26.2 Å². The first-order valence-corrected chi connectivity index (χ1v) is 25.3. The number of nitrogens with zero attached hydrogens (tertiary/aromatic N) is 6. The molecule has 3 N–H and O–H groups in total. The van der Waals surface area contributed by atoms with Crippen LogP contribution >= 0.6 is 0 Å². The second-order valence-electron chi connectivity index (χ2n) is 11.1. The third kappa shape index (κ3) is 11.6. The van der Waals surface area contributed by atoms with Crippen LogP contribution < -0.4 is 25.6 Å². The van der Waals surface area contributed by atoms with Crippen LogP contribution in [0.4, 0.5) is 28.7 Å². The summed E-state index contributed by atoms with van der Waals surface area (Å²) < 4.78 is 7.78. The van der Waals surface area contributed by atoms with E-state index in [1.807, 2.05) is 72.5 Å². The number of likely N-dealkylation sites (N-methyl/N-ethyl adjacent to an activating group) is 2. The molecule has 2 aromatic heterocycles. The van der Waals surface area contributed by atoms with Gasteiger partial charge in [0.2, 0.25) is 11.9 Å². The third-order valence-corrected chi connectivity index (χ3v) is 20.5. The number of hydrogen-bond acceptors (Lipinski definition) is 10. The number of rotatable bonds is 10. The van der Waals surface area contributed by atoms with Gasteiger partial charge in [-0.15, -0.1) is 0 Å². The largest absolute Gasteiger partial charge is 0.494 e. The van der Waals surface area contributed by atoms with E-state index < -0.39 is 0 Å². The highest BCUT2D eigenvalue weighted by Crippen LogP contribution is 2.38. The number of aromatic nitrogens is 3. The minimum atomic E-state index is -0.176. The number of carbonyl (C=O) groups excluding carboxylic acids is 1. The molecule has 0 bridgehead atoms. The highest BCUT2D eigenvalue weighted by Gasteiger charge is 2.23. The van der Waals surface area contributed by atoms with Gasteiger partial charge in [0.15, 0.2) is 0 Å². The molecule has 0 saturated heterocycles. The SMILES string of the molecule is COc1cc(N(C)CCN(C)C)c(N)cc1Nc1ncc(N(C)C(=O)C(C)C)c(-c2cn(C)c3ccccc23)n1.S=S=S=S=S=S=S=S=S. The lowest BCUT2D eigenvalue weighted by Gasteiger charge is -2.25. The predicted molar refractivity (Wildman–Crippen MR) is 231 cm³/mol. The average molecular weight is 833 g/mol. The summed E-state index contributed by atoms with van der Waals surface area (Å²) in [6.45, 7) is 5.47. The Balaban J connectivity index is 0.000000635. The maximum absolute atomic E-state index is 13.0. The summed E-state index contributed by atoms with van der Waals surface area (Å²) in [5.41, 5.74) is 11.9. The van der Waals surface area contributed by atoms with Gasteiger partial charge in [0, 0.05) is 153 Å². The van der Waals surface area contributed by atoms with E-state index in [0.717, 1.165) is 35.2 Å². The molecule has 0 spiro atoms. The molecule has 0 atom stereocenters. The van der Waals surface area contributed by atoms with E-state index in [2.05, 4.69) is 59.2 Å². The monoisotopic (exact) mass is 832 g/mol. The first kappa shape index (κ1) is 41.1. The second kappa shape index (κ2) is 20.5. The Kier molecular flexibility index (Phi) is 17.2. The minimum absolute atomic E-state index is 0.0192. The first-order chi connectivity index (χ1) is 23.4. The molecule has 49 heavy (non-hydrogen) atoms. The molecule has 0 aliphatic rings. The first-order valence-electron chi connectivity index (χ1n) is 14.6. The van der Waals surface area contributed by atoms with Gasteiger partial charge in [-0.3, -0.25) is 4.79 Å². The Hall–Kier alpha value is -2.33. The molecule has 0 aliphatic carbocycles. The molecular formula is C30H40N8O2S9. The molecule has 2 heterocycles.